The van der Waals surface area contributed by atoms with Crippen LogP contribution in [0.2, 0.25) is 0 Å². The first kappa shape index (κ1) is 29.2. The van der Waals surface area contributed by atoms with Crippen LogP contribution in [0.25, 0.3) is 21.9 Å². The summed E-state index contributed by atoms with van der Waals surface area (Å²) in [5, 5.41) is 5.35. The van der Waals surface area contributed by atoms with Crippen molar-refractivity contribution < 1.29 is 0 Å². The van der Waals surface area contributed by atoms with E-state index in [0.29, 0.717) is 0 Å². The summed E-state index contributed by atoms with van der Waals surface area (Å²) in [4.78, 5) is 2.53. The van der Waals surface area contributed by atoms with E-state index in [0.717, 1.165) is 12.8 Å². The Morgan fingerprint density at radius 2 is 1.13 bits per heavy atom. The molecule has 0 unspecified atom stereocenters. The standard InChI is InChI=1S/C45H38NSi/c1-45(2,47(39-20-5-3-6-21-39)40-22-7-4-8-23-40)37-18-14-19-38(32-37)46-43-26-12-10-16-34(43)27-28-35-29-30-36(31-44(35)46)42-25-13-17-33-15-9-11-24-41(33)42/h3-26,29-32H,27-28H2,1-2H3. The van der Waals surface area contributed by atoms with Gasteiger partial charge in [-0.05, 0) is 80.7 Å². The number of fused-ring (bicyclic) bond motifs is 3. The number of hydrogen-bond acceptors (Lipinski definition) is 1. The molecular weight excluding hydrogens is 583 g/mol. The van der Waals surface area contributed by atoms with Crippen LogP contribution in [0.4, 0.5) is 17.1 Å². The summed E-state index contributed by atoms with van der Waals surface area (Å²) in [5.41, 5.74) is 10.4. The fourth-order valence-corrected chi connectivity index (χ4v) is 10.8. The molecular formula is C45H38NSi. The number of aryl methyl sites for hydroxylation is 2. The highest BCUT2D eigenvalue weighted by Crippen LogP contribution is 2.45. The van der Waals surface area contributed by atoms with Gasteiger partial charge in [-0.25, -0.2) is 0 Å². The van der Waals surface area contributed by atoms with E-state index in [-0.39, 0.29) is 5.04 Å². The highest BCUT2D eigenvalue weighted by Gasteiger charge is 2.36. The van der Waals surface area contributed by atoms with Crippen LogP contribution in [0.5, 0.6) is 0 Å². The third kappa shape index (κ3) is 5.39. The normalized spacial score (nSPS) is 12.9. The van der Waals surface area contributed by atoms with Gasteiger partial charge >= 0.3 is 0 Å². The number of para-hydroxylation sites is 1. The average molecular weight is 621 g/mol. The van der Waals surface area contributed by atoms with Crippen LogP contribution in [0.15, 0.2) is 170 Å². The molecule has 1 radical (unpaired) electrons. The van der Waals surface area contributed by atoms with Crippen molar-refractivity contribution in [3.8, 4) is 11.1 Å². The summed E-state index contributed by atoms with van der Waals surface area (Å²) < 4.78 is 0. The van der Waals surface area contributed by atoms with Crippen LogP contribution in [-0.4, -0.2) is 8.80 Å². The van der Waals surface area contributed by atoms with Gasteiger partial charge in [0.2, 0.25) is 0 Å². The van der Waals surface area contributed by atoms with Gasteiger partial charge in [0.1, 0.15) is 8.80 Å². The first-order chi connectivity index (χ1) is 23.1. The molecule has 2 heteroatoms. The average Bonchev–Trinajstić information content (AvgIpc) is 3.29. The van der Waals surface area contributed by atoms with Crippen molar-refractivity contribution >= 4 is 47.0 Å². The molecule has 47 heavy (non-hydrogen) atoms. The number of rotatable bonds is 6. The van der Waals surface area contributed by atoms with Gasteiger partial charge in [0, 0.05) is 17.1 Å². The monoisotopic (exact) mass is 620 g/mol. The van der Waals surface area contributed by atoms with Gasteiger partial charge in [0.15, 0.2) is 0 Å². The van der Waals surface area contributed by atoms with Gasteiger partial charge in [0.05, 0.1) is 0 Å². The lowest BCUT2D eigenvalue weighted by molar-refractivity contribution is 0.746. The van der Waals surface area contributed by atoms with E-state index < -0.39 is 8.80 Å². The lowest BCUT2D eigenvalue weighted by Gasteiger charge is -2.35. The molecule has 0 saturated carbocycles. The summed E-state index contributed by atoms with van der Waals surface area (Å²) in [5.74, 6) is 0. The molecule has 1 heterocycles. The molecule has 0 saturated heterocycles. The molecule has 8 rings (SSSR count). The number of anilines is 3. The van der Waals surface area contributed by atoms with Crippen LogP contribution < -0.4 is 15.3 Å². The lowest BCUT2D eigenvalue weighted by atomic mass is 9.95. The molecule has 0 aliphatic carbocycles. The third-order valence-corrected chi connectivity index (χ3v) is 13.3. The maximum Gasteiger partial charge on any atom is 0.131 e. The lowest BCUT2D eigenvalue weighted by Crippen LogP contribution is -2.55. The number of nitrogens with zero attached hydrogens (tertiary/aromatic N) is 1. The second kappa shape index (κ2) is 12.2. The fraction of sp³-hybridized carbons (Fsp3) is 0.111. The minimum absolute atomic E-state index is 0.0810. The Balaban J connectivity index is 1.30. The molecule has 0 aromatic heterocycles. The predicted octanol–water partition coefficient (Wildman–Crippen LogP) is 10.2. The molecule has 0 bridgehead atoms. The van der Waals surface area contributed by atoms with Crippen LogP contribution in [-0.2, 0) is 17.9 Å². The molecule has 1 aliphatic heterocycles. The van der Waals surface area contributed by atoms with Crippen LogP contribution in [0.3, 0.4) is 0 Å². The Kier molecular flexibility index (Phi) is 7.59. The maximum absolute atomic E-state index is 2.53. The van der Waals surface area contributed by atoms with E-state index in [1.165, 1.54) is 66.0 Å². The largest absolute Gasteiger partial charge is 0.310 e. The van der Waals surface area contributed by atoms with E-state index in [2.05, 4.69) is 189 Å². The molecule has 0 spiro atoms. The van der Waals surface area contributed by atoms with Gasteiger partial charge < -0.3 is 4.90 Å². The minimum atomic E-state index is -1.18. The second-order valence-corrected chi connectivity index (χ2v) is 16.3. The Morgan fingerprint density at radius 1 is 0.511 bits per heavy atom. The highest BCUT2D eigenvalue weighted by atomic mass is 28.3. The molecule has 1 aliphatic rings. The van der Waals surface area contributed by atoms with E-state index >= 15 is 0 Å². The van der Waals surface area contributed by atoms with Crippen molar-refractivity contribution in [2.75, 3.05) is 4.90 Å². The van der Waals surface area contributed by atoms with Gasteiger partial charge in [-0.1, -0.05) is 170 Å². The van der Waals surface area contributed by atoms with E-state index in [4.69, 9.17) is 0 Å². The summed E-state index contributed by atoms with van der Waals surface area (Å²) in [7, 11) is -1.18. The van der Waals surface area contributed by atoms with Crippen molar-refractivity contribution in [2.45, 2.75) is 31.7 Å². The van der Waals surface area contributed by atoms with E-state index in [9.17, 15) is 0 Å². The molecule has 0 atom stereocenters. The highest BCUT2D eigenvalue weighted by molar-refractivity contribution is 6.87. The Morgan fingerprint density at radius 3 is 1.89 bits per heavy atom. The van der Waals surface area contributed by atoms with Crippen molar-refractivity contribution in [1.29, 1.82) is 0 Å². The minimum Gasteiger partial charge on any atom is -0.310 e. The molecule has 7 aromatic rings. The van der Waals surface area contributed by atoms with Crippen molar-refractivity contribution in [2.24, 2.45) is 0 Å². The van der Waals surface area contributed by atoms with E-state index in [1.54, 1.807) is 0 Å². The van der Waals surface area contributed by atoms with E-state index in [1.807, 2.05) is 0 Å². The fourth-order valence-electron chi connectivity index (χ4n) is 7.52. The molecule has 7 aromatic carbocycles. The SMILES string of the molecule is CC(C)(c1cccc(N2c3ccccc3CCc3ccc(-c4cccc5ccccc45)cc32)c1)[Si](c1ccccc1)c1ccccc1. The first-order valence-corrected chi connectivity index (χ1v) is 18.2. The van der Waals surface area contributed by atoms with Crippen molar-refractivity contribution in [1.82, 2.24) is 0 Å². The second-order valence-electron chi connectivity index (χ2n) is 13.1. The van der Waals surface area contributed by atoms with Crippen molar-refractivity contribution in [3.05, 3.63) is 187 Å². The smallest absolute Gasteiger partial charge is 0.131 e. The quantitative estimate of drug-likeness (QED) is 0.167. The van der Waals surface area contributed by atoms with Crippen LogP contribution in [0.1, 0.15) is 30.5 Å². The maximum atomic E-state index is 2.53. The van der Waals surface area contributed by atoms with Crippen LogP contribution >= 0.6 is 0 Å². The summed E-state index contributed by atoms with van der Waals surface area (Å²) in [6.07, 6.45) is 2.03. The molecule has 1 nitrogen and oxygen atoms in total. The summed E-state index contributed by atoms with van der Waals surface area (Å²) >= 11 is 0. The summed E-state index contributed by atoms with van der Waals surface area (Å²) in [6.45, 7) is 4.90. The topological polar surface area (TPSA) is 3.24 Å². The third-order valence-electron chi connectivity index (χ3n) is 9.90. The van der Waals surface area contributed by atoms with Gasteiger partial charge in [0.25, 0.3) is 0 Å². The Hall–Kier alpha value is -5.18. The summed E-state index contributed by atoms with van der Waals surface area (Å²) in [6, 6.07) is 63.1. The first-order valence-electron chi connectivity index (χ1n) is 16.7. The van der Waals surface area contributed by atoms with Crippen LogP contribution in [0, 0.1) is 0 Å². The van der Waals surface area contributed by atoms with Gasteiger partial charge in [-0.15, -0.1) is 0 Å². The predicted molar refractivity (Wildman–Crippen MR) is 202 cm³/mol. The number of benzene rings is 7. The zero-order valence-electron chi connectivity index (χ0n) is 27.0. The molecule has 227 valence electrons. The molecule has 0 N–H and O–H groups in total. The Labute approximate surface area is 280 Å². The number of hydrogen-bond donors (Lipinski definition) is 0. The van der Waals surface area contributed by atoms with Gasteiger partial charge in [-0.2, -0.15) is 0 Å². The van der Waals surface area contributed by atoms with Crippen molar-refractivity contribution in [3.63, 3.8) is 0 Å². The molecule has 0 fully saturated rings. The zero-order chi connectivity index (χ0) is 31.8. The molecule has 0 amide bonds. The zero-order valence-corrected chi connectivity index (χ0v) is 28.0. The Bertz CT molecular complexity index is 2140. The van der Waals surface area contributed by atoms with Gasteiger partial charge in [-0.3, -0.25) is 0 Å².